The summed E-state index contributed by atoms with van der Waals surface area (Å²) in [5, 5.41) is 21.1. The number of carbonyl (C=O) groups is 1. The molecule has 0 fully saturated rings. The van der Waals surface area contributed by atoms with Crippen molar-refractivity contribution in [2.24, 2.45) is 0 Å². The Kier molecular flexibility index (Phi) is 4.61. The van der Waals surface area contributed by atoms with Gasteiger partial charge in [-0.25, -0.2) is 0 Å². The molecule has 1 heterocycles. The van der Waals surface area contributed by atoms with Gasteiger partial charge in [-0.2, -0.15) is 0 Å². The van der Waals surface area contributed by atoms with Crippen molar-refractivity contribution in [3.05, 3.63) is 76.0 Å². The largest absolute Gasteiger partial charge is 0.633 e. The Morgan fingerprint density at radius 1 is 1.24 bits per heavy atom. The van der Waals surface area contributed by atoms with E-state index in [0.717, 1.165) is 22.3 Å². The number of ether oxygens (including phenoxy) is 1. The van der Waals surface area contributed by atoms with Crippen LogP contribution in [0.2, 0.25) is 0 Å². The highest BCUT2D eigenvalue weighted by Crippen LogP contribution is 2.37. The van der Waals surface area contributed by atoms with E-state index < -0.39 is 10.6 Å². The Morgan fingerprint density at radius 3 is 2.72 bits per heavy atom. The molecule has 5 nitrogen and oxygen atoms in total. The fourth-order valence-corrected chi connectivity index (χ4v) is 2.94. The van der Waals surface area contributed by atoms with Crippen LogP contribution >= 0.6 is 0 Å². The number of benzene rings is 2. The van der Waals surface area contributed by atoms with Crippen LogP contribution in [-0.2, 0) is 17.8 Å². The Balaban J connectivity index is 2.15. The molecule has 0 saturated heterocycles. The predicted molar refractivity (Wildman–Crippen MR) is 96.0 cm³/mol. The molecule has 0 amide bonds. The normalized spacial score (nSPS) is 15.1. The van der Waals surface area contributed by atoms with E-state index in [0.29, 0.717) is 24.5 Å². The monoisotopic (exact) mass is 339 g/mol. The quantitative estimate of drug-likeness (QED) is 0.686. The first-order valence-corrected chi connectivity index (χ1v) is 8.14. The molecule has 130 valence electrons. The minimum Gasteiger partial charge on any atom is -0.633 e. The van der Waals surface area contributed by atoms with Crippen molar-refractivity contribution in [3.8, 4) is 5.75 Å². The highest BCUT2D eigenvalue weighted by atomic mass is 16.5. The van der Waals surface area contributed by atoms with Crippen LogP contribution < -0.4 is 4.74 Å². The smallest absolute Gasteiger partial charge is 0.307 e. The summed E-state index contributed by atoms with van der Waals surface area (Å²) in [5.74, 6) is -0.175. The van der Waals surface area contributed by atoms with Gasteiger partial charge >= 0.3 is 5.97 Å². The van der Waals surface area contributed by atoms with Gasteiger partial charge in [-0.1, -0.05) is 30.3 Å². The molecule has 0 radical (unpaired) electrons. The standard InChI is InChI=1S/C20H21NO4/c1-21(2,24)10-9-17-16-6-4-3-5-15(16)13-25-19-8-7-14(11-18(17)19)12-20(22)23/h3-9,11H,10,12-13H2,1-2H3,(H,22,23)/b17-9-. The Labute approximate surface area is 146 Å². The van der Waals surface area contributed by atoms with Crippen molar-refractivity contribution in [1.82, 2.24) is 0 Å². The topological polar surface area (TPSA) is 69.6 Å². The highest BCUT2D eigenvalue weighted by Gasteiger charge is 2.20. The lowest BCUT2D eigenvalue weighted by molar-refractivity contribution is -0.833. The molecule has 2 aromatic carbocycles. The zero-order chi connectivity index (χ0) is 18.0. The maximum Gasteiger partial charge on any atom is 0.307 e. The molecule has 1 aliphatic heterocycles. The van der Waals surface area contributed by atoms with Crippen molar-refractivity contribution in [3.63, 3.8) is 0 Å². The SMILES string of the molecule is C[N+](C)([O-])C/C=C1/c2ccccc2COc2ccc(CC(=O)O)cc21. The lowest BCUT2D eigenvalue weighted by Crippen LogP contribution is -2.32. The number of carboxylic acid groups (broad SMARTS) is 1. The maximum atomic E-state index is 12.1. The molecule has 0 bridgehead atoms. The van der Waals surface area contributed by atoms with E-state index in [9.17, 15) is 10.0 Å². The van der Waals surface area contributed by atoms with Gasteiger partial charge in [0.1, 0.15) is 12.4 Å². The molecule has 1 N–H and O–H groups in total. The first-order valence-electron chi connectivity index (χ1n) is 8.14. The van der Waals surface area contributed by atoms with Gasteiger partial charge in [0.05, 0.1) is 27.1 Å². The fourth-order valence-electron chi connectivity index (χ4n) is 2.94. The van der Waals surface area contributed by atoms with E-state index in [-0.39, 0.29) is 6.42 Å². The average molecular weight is 339 g/mol. The van der Waals surface area contributed by atoms with Gasteiger partial charge < -0.3 is 19.7 Å². The van der Waals surface area contributed by atoms with Gasteiger partial charge in [-0.15, -0.1) is 0 Å². The third kappa shape index (κ3) is 4.07. The number of rotatable bonds is 4. The van der Waals surface area contributed by atoms with Crippen molar-refractivity contribution >= 4 is 11.5 Å². The molecule has 5 heteroatoms. The number of carboxylic acids is 1. The van der Waals surface area contributed by atoms with Gasteiger partial charge in [0.25, 0.3) is 0 Å². The first kappa shape index (κ1) is 17.2. The van der Waals surface area contributed by atoms with Crippen LogP contribution in [0.5, 0.6) is 5.75 Å². The fraction of sp³-hybridized carbons (Fsp3) is 0.250. The van der Waals surface area contributed by atoms with Crippen LogP contribution in [0.4, 0.5) is 0 Å². The van der Waals surface area contributed by atoms with Gasteiger partial charge in [0.15, 0.2) is 0 Å². The number of hydrogen-bond donors (Lipinski definition) is 1. The van der Waals surface area contributed by atoms with E-state index in [1.165, 1.54) is 0 Å². The van der Waals surface area contributed by atoms with Crippen LogP contribution in [0.3, 0.4) is 0 Å². The lowest BCUT2D eigenvalue weighted by atomic mass is 9.92. The summed E-state index contributed by atoms with van der Waals surface area (Å²) in [6.45, 7) is 0.751. The molecule has 0 spiro atoms. The van der Waals surface area contributed by atoms with Crippen LogP contribution in [0.1, 0.15) is 22.3 Å². The third-order valence-electron chi connectivity index (χ3n) is 4.12. The van der Waals surface area contributed by atoms with Crippen LogP contribution in [-0.4, -0.2) is 36.4 Å². The van der Waals surface area contributed by atoms with Crippen LogP contribution in [0.25, 0.3) is 5.57 Å². The average Bonchev–Trinajstić information content (AvgIpc) is 2.68. The summed E-state index contributed by atoms with van der Waals surface area (Å²) in [4.78, 5) is 11.1. The summed E-state index contributed by atoms with van der Waals surface area (Å²) >= 11 is 0. The number of fused-ring (bicyclic) bond motifs is 2. The molecular weight excluding hydrogens is 318 g/mol. The van der Waals surface area contributed by atoms with Crippen LogP contribution in [0.15, 0.2) is 48.5 Å². The molecule has 2 aromatic rings. The molecule has 3 rings (SSSR count). The van der Waals surface area contributed by atoms with Crippen LogP contribution in [0, 0.1) is 5.21 Å². The Hall–Kier alpha value is -2.63. The second-order valence-electron chi connectivity index (χ2n) is 6.72. The molecule has 1 aliphatic rings. The molecule has 0 atom stereocenters. The summed E-state index contributed by atoms with van der Waals surface area (Å²) in [6, 6.07) is 13.4. The highest BCUT2D eigenvalue weighted by molar-refractivity contribution is 5.85. The zero-order valence-electron chi connectivity index (χ0n) is 14.4. The van der Waals surface area contributed by atoms with Gasteiger partial charge in [0, 0.05) is 5.56 Å². The minimum absolute atomic E-state index is 0.0503. The van der Waals surface area contributed by atoms with E-state index >= 15 is 0 Å². The lowest BCUT2D eigenvalue weighted by Gasteiger charge is -2.32. The first-order chi connectivity index (χ1) is 11.8. The molecule has 0 saturated carbocycles. The summed E-state index contributed by atoms with van der Waals surface area (Å²) in [7, 11) is 3.19. The number of likely N-dealkylation sites (N-methyl/N-ethyl adjacent to an activating group) is 1. The zero-order valence-corrected chi connectivity index (χ0v) is 14.4. The Bertz CT molecular complexity index is 834. The second-order valence-corrected chi connectivity index (χ2v) is 6.72. The number of quaternary nitrogens is 1. The van der Waals surface area contributed by atoms with Crippen molar-refractivity contribution in [2.45, 2.75) is 13.0 Å². The van der Waals surface area contributed by atoms with Gasteiger partial charge in [-0.05, 0) is 40.5 Å². The predicted octanol–water partition coefficient (Wildman–Crippen LogP) is 3.21. The number of hydroxylamine groups is 3. The van der Waals surface area contributed by atoms with Gasteiger partial charge in [0.2, 0.25) is 0 Å². The summed E-state index contributed by atoms with van der Waals surface area (Å²) in [5.41, 5.74) is 4.51. The number of aliphatic carboxylic acids is 1. The molecule has 0 aliphatic carbocycles. The van der Waals surface area contributed by atoms with Crippen molar-refractivity contribution < 1.29 is 19.3 Å². The summed E-state index contributed by atoms with van der Waals surface area (Å²) < 4.78 is 5.49. The minimum atomic E-state index is -0.877. The third-order valence-corrected chi connectivity index (χ3v) is 4.12. The van der Waals surface area contributed by atoms with Gasteiger partial charge in [-0.3, -0.25) is 4.79 Å². The molecular formula is C20H21NO4. The van der Waals surface area contributed by atoms with E-state index in [1.54, 1.807) is 20.2 Å². The number of hydrogen-bond acceptors (Lipinski definition) is 3. The Morgan fingerprint density at radius 2 is 2.00 bits per heavy atom. The maximum absolute atomic E-state index is 12.1. The molecule has 0 unspecified atom stereocenters. The summed E-state index contributed by atoms with van der Waals surface area (Å²) in [6.07, 6.45) is 1.87. The van der Waals surface area contributed by atoms with Crippen molar-refractivity contribution in [1.29, 1.82) is 0 Å². The molecule has 0 aromatic heterocycles. The van der Waals surface area contributed by atoms with Crippen molar-refractivity contribution in [2.75, 3.05) is 20.6 Å². The second kappa shape index (κ2) is 6.70. The number of nitrogens with zero attached hydrogens (tertiary/aromatic N) is 1. The molecule has 25 heavy (non-hydrogen) atoms. The van der Waals surface area contributed by atoms with E-state index in [2.05, 4.69) is 0 Å². The van der Waals surface area contributed by atoms with E-state index in [1.807, 2.05) is 42.5 Å². The van der Waals surface area contributed by atoms with E-state index in [4.69, 9.17) is 9.84 Å².